The van der Waals surface area contributed by atoms with Crippen molar-refractivity contribution in [3.63, 3.8) is 0 Å². The number of anilines is 1. The van der Waals surface area contributed by atoms with Crippen LogP contribution in [0.2, 0.25) is 15.1 Å². The van der Waals surface area contributed by atoms with Crippen molar-refractivity contribution in [2.75, 3.05) is 11.9 Å². The molecule has 0 aromatic heterocycles. The van der Waals surface area contributed by atoms with Crippen LogP contribution in [0.25, 0.3) is 0 Å². The molecule has 0 aliphatic heterocycles. The Morgan fingerprint density at radius 2 is 1.73 bits per heavy atom. The zero-order valence-corrected chi connectivity index (χ0v) is 18.8. The van der Waals surface area contributed by atoms with Gasteiger partial charge >= 0.3 is 0 Å². The third-order valence-electron chi connectivity index (χ3n) is 4.46. The Kier molecular flexibility index (Phi) is 7.70. The van der Waals surface area contributed by atoms with Gasteiger partial charge in [-0.3, -0.25) is 0 Å². The molecular formula is C23H21Cl3FNO2. The van der Waals surface area contributed by atoms with Crippen molar-refractivity contribution < 1.29 is 13.9 Å². The Labute approximate surface area is 190 Å². The van der Waals surface area contributed by atoms with Crippen molar-refractivity contribution in [1.29, 1.82) is 0 Å². The molecule has 0 saturated carbocycles. The molecule has 0 spiro atoms. The average molecular weight is 469 g/mol. The first kappa shape index (κ1) is 22.5. The second-order valence-electron chi connectivity index (χ2n) is 6.64. The smallest absolute Gasteiger partial charge is 0.180 e. The first-order chi connectivity index (χ1) is 14.4. The van der Waals surface area contributed by atoms with Crippen molar-refractivity contribution in [2.24, 2.45) is 0 Å². The summed E-state index contributed by atoms with van der Waals surface area (Å²) >= 11 is 18.7. The SMILES string of the molecule is CCOc1cc(CNc2ccc(C)c(Cl)c2)cc(Cl)c1OCc1c(F)cccc1Cl. The molecule has 0 bridgehead atoms. The second-order valence-corrected chi connectivity index (χ2v) is 7.87. The summed E-state index contributed by atoms with van der Waals surface area (Å²) in [4.78, 5) is 0. The van der Waals surface area contributed by atoms with Gasteiger partial charge in [-0.1, -0.05) is 46.9 Å². The molecule has 0 aliphatic rings. The van der Waals surface area contributed by atoms with Crippen LogP contribution in [-0.4, -0.2) is 6.61 Å². The largest absolute Gasteiger partial charge is 0.490 e. The standard InChI is InChI=1S/C23H21Cl3FNO2/c1-3-29-22-10-15(12-28-16-8-7-14(2)19(25)11-16)9-20(26)23(22)30-13-17-18(24)5-4-6-21(17)27/h4-11,28H,3,12-13H2,1-2H3. The van der Waals surface area contributed by atoms with Crippen molar-refractivity contribution in [3.8, 4) is 11.5 Å². The highest BCUT2D eigenvalue weighted by atomic mass is 35.5. The number of benzene rings is 3. The zero-order chi connectivity index (χ0) is 21.7. The first-order valence-electron chi connectivity index (χ1n) is 9.40. The minimum Gasteiger partial charge on any atom is -0.490 e. The van der Waals surface area contributed by atoms with E-state index in [4.69, 9.17) is 44.3 Å². The summed E-state index contributed by atoms with van der Waals surface area (Å²) in [6, 6.07) is 13.9. The first-order valence-corrected chi connectivity index (χ1v) is 10.5. The van der Waals surface area contributed by atoms with Gasteiger partial charge < -0.3 is 14.8 Å². The van der Waals surface area contributed by atoms with Gasteiger partial charge in [0.15, 0.2) is 11.5 Å². The molecule has 7 heteroatoms. The monoisotopic (exact) mass is 467 g/mol. The molecule has 30 heavy (non-hydrogen) atoms. The van der Waals surface area contributed by atoms with Crippen LogP contribution >= 0.6 is 34.8 Å². The van der Waals surface area contributed by atoms with Crippen molar-refractivity contribution in [3.05, 3.63) is 86.1 Å². The molecule has 3 aromatic rings. The molecule has 0 amide bonds. The Balaban J connectivity index is 1.78. The van der Waals surface area contributed by atoms with E-state index in [-0.39, 0.29) is 12.2 Å². The topological polar surface area (TPSA) is 30.5 Å². The van der Waals surface area contributed by atoms with E-state index in [0.717, 1.165) is 16.8 Å². The van der Waals surface area contributed by atoms with Gasteiger partial charge in [-0.2, -0.15) is 0 Å². The summed E-state index contributed by atoms with van der Waals surface area (Å²) in [5.41, 5.74) is 3.07. The van der Waals surface area contributed by atoms with Gasteiger partial charge in [0.1, 0.15) is 12.4 Å². The summed E-state index contributed by atoms with van der Waals surface area (Å²) in [5.74, 6) is 0.394. The van der Waals surface area contributed by atoms with E-state index in [1.54, 1.807) is 18.2 Å². The van der Waals surface area contributed by atoms with Gasteiger partial charge in [-0.15, -0.1) is 0 Å². The lowest BCUT2D eigenvalue weighted by Crippen LogP contribution is -2.05. The summed E-state index contributed by atoms with van der Waals surface area (Å²) < 4.78 is 25.5. The third-order valence-corrected chi connectivity index (χ3v) is 5.50. The predicted molar refractivity (Wildman–Crippen MR) is 122 cm³/mol. The lowest BCUT2D eigenvalue weighted by molar-refractivity contribution is 0.266. The maximum Gasteiger partial charge on any atom is 0.180 e. The molecular weight excluding hydrogens is 448 g/mol. The Hall–Kier alpha value is -2.14. The fourth-order valence-electron chi connectivity index (χ4n) is 2.85. The minimum atomic E-state index is -0.436. The zero-order valence-electron chi connectivity index (χ0n) is 16.6. The molecule has 0 radical (unpaired) electrons. The number of ether oxygens (including phenoxy) is 2. The second kappa shape index (κ2) is 10.3. The van der Waals surface area contributed by atoms with E-state index in [1.807, 2.05) is 38.1 Å². The van der Waals surface area contributed by atoms with Gasteiger partial charge in [-0.05, 0) is 61.4 Å². The summed E-state index contributed by atoms with van der Waals surface area (Å²) in [5, 5.41) is 4.67. The maximum atomic E-state index is 14.0. The fourth-order valence-corrected chi connectivity index (χ4v) is 3.53. The van der Waals surface area contributed by atoms with Crippen molar-refractivity contribution in [2.45, 2.75) is 27.0 Å². The average Bonchev–Trinajstić information content (AvgIpc) is 2.70. The molecule has 3 rings (SSSR count). The molecule has 0 aliphatic carbocycles. The van der Waals surface area contributed by atoms with Crippen LogP contribution < -0.4 is 14.8 Å². The molecule has 0 fully saturated rings. The predicted octanol–water partition coefficient (Wildman–Crippen LogP) is 7.68. The van der Waals surface area contributed by atoms with Gasteiger partial charge in [0.05, 0.1) is 16.7 Å². The number of aryl methyl sites for hydroxylation is 1. The highest BCUT2D eigenvalue weighted by molar-refractivity contribution is 6.32. The third kappa shape index (κ3) is 5.51. The van der Waals surface area contributed by atoms with Crippen LogP contribution in [0.5, 0.6) is 11.5 Å². The van der Waals surface area contributed by atoms with E-state index < -0.39 is 5.82 Å². The van der Waals surface area contributed by atoms with Crippen LogP contribution in [-0.2, 0) is 13.2 Å². The number of hydrogen-bond donors (Lipinski definition) is 1. The van der Waals surface area contributed by atoms with Gasteiger partial charge in [0.2, 0.25) is 0 Å². The molecule has 0 atom stereocenters. The van der Waals surface area contributed by atoms with Crippen LogP contribution in [0.4, 0.5) is 10.1 Å². The van der Waals surface area contributed by atoms with Crippen LogP contribution in [0.1, 0.15) is 23.6 Å². The van der Waals surface area contributed by atoms with Crippen LogP contribution in [0, 0.1) is 12.7 Å². The van der Waals surface area contributed by atoms with Crippen molar-refractivity contribution >= 4 is 40.5 Å². The van der Waals surface area contributed by atoms with E-state index >= 15 is 0 Å². The fraction of sp³-hybridized carbons (Fsp3) is 0.217. The molecule has 0 saturated heterocycles. The molecule has 1 N–H and O–H groups in total. The van der Waals surface area contributed by atoms with Crippen LogP contribution in [0.3, 0.4) is 0 Å². The number of hydrogen-bond acceptors (Lipinski definition) is 3. The van der Waals surface area contributed by atoms with Crippen LogP contribution in [0.15, 0.2) is 48.5 Å². The van der Waals surface area contributed by atoms with E-state index in [0.29, 0.717) is 39.7 Å². The Morgan fingerprint density at radius 1 is 0.933 bits per heavy atom. The Morgan fingerprint density at radius 3 is 2.43 bits per heavy atom. The van der Waals surface area contributed by atoms with E-state index in [9.17, 15) is 4.39 Å². The summed E-state index contributed by atoms with van der Waals surface area (Å²) in [7, 11) is 0. The quantitative estimate of drug-likeness (QED) is 0.368. The normalized spacial score (nSPS) is 10.7. The number of rotatable bonds is 8. The lowest BCUT2D eigenvalue weighted by Gasteiger charge is -2.16. The number of halogens is 4. The summed E-state index contributed by atoms with van der Waals surface area (Å²) in [6.45, 7) is 4.69. The molecule has 0 unspecified atom stereocenters. The van der Waals surface area contributed by atoms with Crippen molar-refractivity contribution in [1.82, 2.24) is 0 Å². The maximum absolute atomic E-state index is 14.0. The van der Waals surface area contributed by atoms with Gasteiger partial charge in [0.25, 0.3) is 0 Å². The van der Waals surface area contributed by atoms with Gasteiger partial charge in [0, 0.05) is 22.8 Å². The highest BCUT2D eigenvalue weighted by Crippen LogP contribution is 2.38. The minimum absolute atomic E-state index is 0.0647. The molecule has 3 nitrogen and oxygen atoms in total. The molecule has 3 aromatic carbocycles. The molecule has 0 heterocycles. The highest BCUT2D eigenvalue weighted by Gasteiger charge is 2.15. The lowest BCUT2D eigenvalue weighted by atomic mass is 10.1. The summed E-state index contributed by atoms with van der Waals surface area (Å²) in [6.07, 6.45) is 0. The number of nitrogens with one attached hydrogen (secondary N) is 1. The van der Waals surface area contributed by atoms with Gasteiger partial charge in [-0.25, -0.2) is 4.39 Å². The Bertz CT molecular complexity index is 1020. The van der Waals surface area contributed by atoms with E-state index in [1.165, 1.54) is 6.07 Å². The molecule has 158 valence electrons. The van der Waals surface area contributed by atoms with E-state index in [2.05, 4.69) is 5.32 Å².